The molecule has 6 rings (SSSR count). The number of hydrogen-bond acceptors (Lipinski definition) is 9. The molecule has 2 saturated heterocycles. The van der Waals surface area contributed by atoms with E-state index in [1.165, 1.54) is 5.56 Å². The number of carbonyl (C=O) groups excluding carboxylic acids is 1. The number of hydrogen-bond donors (Lipinski definition) is 3. The highest BCUT2D eigenvalue weighted by molar-refractivity contribution is 8.25. The summed E-state index contributed by atoms with van der Waals surface area (Å²) in [5.41, 5.74) is 6.66. The Morgan fingerprint density at radius 3 is 2.84 bits per heavy atom. The molecule has 2 fully saturated rings. The van der Waals surface area contributed by atoms with Crippen molar-refractivity contribution in [3.05, 3.63) is 70.2 Å². The van der Waals surface area contributed by atoms with Gasteiger partial charge in [-0.05, 0) is 50.5 Å². The van der Waals surface area contributed by atoms with Crippen LogP contribution in [0.3, 0.4) is 0 Å². The van der Waals surface area contributed by atoms with E-state index in [1.54, 1.807) is 8.99 Å². The second kappa shape index (κ2) is 9.65. The molecule has 0 amide bonds. The standard InChI is InChI=1S/C27H34N6O4S/c1-17-9-21(33-7-4-8-38(33,35)36)10-26(30-17)32-14-20(11-28-32)13-31-12-18(2)29-25(15-31)22-5-6-23-24(19(22)3)16-37-27(23)34/h5-6,9-11,14,18,25,29,35-36H,4,7-8,12-13,15-16H2,1-3H3/t18-,25-/m0/s1. The second-order valence-electron chi connectivity index (χ2n) is 10.6. The van der Waals surface area contributed by atoms with Crippen molar-refractivity contribution in [2.45, 2.75) is 52.4 Å². The van der Waals surface area contributed by atoms with Crippen LogP contribution in [0.4, 0.5) is 5.69 Å². The van der Waals surface area contributed by atoms with E-state index < -0.39 is 10.8 Å². The third kappa shape index (κ3) is 4.69. The highest BCUT2D eigenvalue weighted by atomic mass is 32.3. The molecular formula is C27H34N6O4S. The van der Waals surface area contributed by atoms with Crippen molar-refractivity contribution in [1.29, 1.82) is 0 Å². The van der Waals surface area contributed by atoms with Crippen LogP contribution < -0.4 is 9.62 Å². The Morgan fingerprint density at radius 1 is 1.21 bits per heavy atom. The second-order valence-corrected chi connectivity index (χ2v) is 12.7. The van der Waals surface area contributed by atoms with Gasteiger partial charge in [0.05, 0.1) is 23.2 Å². The minimum absolute atomic E-state index is 0.149. The monoisotopic (exact) mass is 538 g/mol. The molecule has 3 aliphatic heterocycles. The highest BCUT2D eigenvalue weighted by Crippen LogP contribution is 2.51. The predicted octanol–water partition coefficient (Wildman–Crippen LogP) is 3.97. The topological polar surface area (TPSA) is 116 Å². The number of fused-ring (bicyclic) bond motifs is 1. The van der Waals surface area contributed by atoms with Crippen molar-refractivity contribution in [2.75, 3.05) is 29.7 Å². The lowest BCUT2D eigenvalue weighted by molar-refractivity contribution is 0.0535. The maximum absolute atomic E-state index is 12.0. The summed E-state index contributed by atoms with van der Waals surface area (Å²) in [6, 6.07) is 8.16. The maximum Gasteiger partial charge on any atom is 0.338 e. The predicted molar refractivity (Wildman–Crippen MR) is 147 cm³/mol. The Balaban J connectivity index is 1.20. The number of benzene rings is 1. The first kappa shape index (κ1) is 25.3. The van der Waals surface area contributed by atoms with Gasteiger partial charge in [-0.1, -0.05) is 6.07 Å². The molecule has 3 aliphatic rings. The molecule has 2 atom stereocenters. The number of pyridine rings is 1. The highest BCUT2D eigenvalue weighted by Gasteiger charge is 2.31. The number of rotatable bonds is 5. The van der Waals surface area contributed by atoms with E-state index in [1.807, 2.05) is 37.5 Å². The van der Waals surface area contributed by atoms with Crippen LogP contribution in [0, 0.1) is 13.8 Å². The smallest absolute Gasteiger partial charge is 0.338 e. The van der Waals surface area contributed by atoms with Gasteiger partial charge in [-0.15, -0.1) is 10.8 Å². The average Bonchev–Trinajstić information content (AvgIpc) is 3.57. The van der Waals surface area contributed by atoms with E-state index in [9.17, 15) is 13.9 Å². The van der Waals surface area contributed by atoms with Gasteiger partial charge in [0.25, 0.3) is 0 Å². The molecule has 11 heteroatoms. The maximum atomic E-state index is 12.0. The zero-order chi connectivity index (χ0) is 26.6. The lowest BCUT2D eigenvalue weighted by Gasteiger charge is -2.38. The Labute approximate surface area is 224 Å². The van der Waals surface area contributed by atoms with Gasteiger partial charge in [0.1, 0.15) is 6.61 Å². The van der Waals surface area contributed by atoms with Crippen LogP contribution in [0.15, 0.2) is 36.7 Å². The molecule has 1 aromatic carbocycles. The van der Waals surface area contributed by atoms with E-state index >= 15 is 0 Å². The van der Waals surface area contributed by atoms with Crippen molar-refractivity contribution < 1.29 is 18.6 Å². The third-order valence-electron chi connectivity index (χ3n) is 7.66. The number of cyclic esters (lactones) is 1. The van der Waals surface area contributed by atoms with Crippen LogP contribution >= 0.6 is 10.8 Å². The normalized spacial score (nSPS) is 23.9. The zero-order valence-corrected chi connectivity index (χ0v) is 22.7. The van der Waals surface area contributed by atoms with Gasteiger partial charge in [-0.25, -0.2) is 14.5 Å². The summed E-state index contributed by atoms with van der Waals surface area (Å²) >= 11 is 0. The number of anilines is 1. The Kier molecular flexibility index (Phi) is 6.43. The van der Waals surface area contributed by atoms with Gasteiger partial charge in [0.2, 0.25) is 0 Å². The summed E-state index contributed by atoms with van der Waals surface area (Å²) in [6.07, 6.45) is 4.63. The van der Waals surface area contributed by atoms with Crippen molar-refractivity contribution >= 4 is 22.4 Å². The van der Waals surface area contributed by atoms with Gasteiger partial charge < -0.3 is 10.1 Å². The molecule has 3 N–H and O–H groups in total. The quantitative estimate of drug-likeness (QED) is 0.415. The molecule has 0 radical (unpaired) electrons. The zero-order valence-electron chi connectivity index (χ0n) is 21.9. The lowest BCUT2D eigenvalue weighted by Crippen LogP contribution is -2.50. The number of ether oxygens (including phenoxy) is 1. The van der Waals surface area contributed by atoms with Crippen LogP contribution in [0.2, 0.25) is 0 Å². The van der Waals surface area contributed by atoms with E-state index in [4.69, 9.17) is 4.74 Å². The minimum atomic E-state index is -2.77. The SMILES string of the molecule is Cc1cc(N2CCCS2(O)O)cc(-n2cc(CN3C[C@@H](c4ccc5c(c4C)COC5=O)N[C@@H](C)C3)cn2)n1. The van der Waals surface area contributed by atoms with Crippen molar-refractivity contribution in [3.8, 4) is 5.82 Å². The Morgan fingerprint density at radius 2 is 2.05 bits per heavy atom. The first-order chi connectivity index (χ1) is 18.2. The van der Waals surface area contributed by atoms with Crippen molar-refractivity contribution in [3.63, 3.8) is 0 Å². The van der Waals surface area contributed by atoms with Gasteiger partial charge in [0, 0.05) is 67.3 Å². The van der Waals surface area contributed by atoms with E-state index in [0.717, 1.165) is 54.1 Å². The largest absolute Gasteiger partial charge is 0.457 e. The Hall–Kier alpha value is -2.96. The van der Waals surface area contributed by atoms with Crippen LogP contribution in [0.1, 0.15) is 57.7 Å². The molecule has 202 valence electrons. The third-order valence-corrected chi connectivity index (χ3v) is 9.60. The summed E-state index contributed by atoms with van der Waals surface area (Å²) < 4.78 is 29.6. The van der Waals surface area contributed by atoms with E-state index in [2.05, 4.69) is 40.2 Å². The van der Waals surface area contributed by atoms with Gasteiger partial charge in [-0.3, -0.25) is 18.3 Å². The van der Waals surface area contributed by atoms with E-state index in [-0.39, 0.29) is 12.0 Å². The fourth-order valence-corrected chi connectivity index (χ4v) is 7.51. The summed E-state index contributed by atoms with van der Waals surface area (Å²) in [6.45, 7) is 9.64. The molecule has 0 aliphatic carbocycles. The first-order valence-electron chi connectivity index (χ1n) is 13.0. The molecule has 0 unspecified atom stereocenters. The van der Waals surface area contributed by atoms with Gasteiger partial charge in [0.15, 0.2) is 5.82 Å². The molecule has 5 heterocycles. The fourth-order valence-electron chi connectivity index (χ4n) is 5.91. The first-order valence-corrected chi connectivity index (χ1v) is 14.7. The number of nitrogens with one attached hydrogen (secondary N) is 1. The summed E-state index contributed by atoms with van der Waals surface area (Å²) in [4.78, 5) is 19.0. The minimum Gasteiger partial charge on any atom is -0.457 e. The number of aromatic nitrogens is 3. The van der Waals surface area contributed by atoms with Crippen molar-refractivity contribution in [1.82, 2.24) is 25.0 Å². The number of nitrogens with zero attached hydrogens (tertiary/aromatic N) is 5. The summed E-state index contributed by atoms with van der Waals surface area (Å²) in [7, 11) is -2.77. The Bertz CT molecular complexity index is 1390. The molecular weight excluding hydrogens is 504 g/mol. The van der Waals surface area contributed by atoms with Crippen LogP contribution in [0.25, 0.3) is 5.82 Å². The summed E-state index contributed by atoms with van der Waals surface area (Å²) in [5, 5.41) is 8.31. The van der Waals surface area contributed by atoms with Crippen LogP contribution in [-0.2, 0) is 17.9 Å². The molecule has 2 aromatic heterocycles. The average molecular weight is 539 g/mol. The number of esters is 1. The number of aryl methyl sites for hydroxylation is 1. The van der Waals surface area contributed by atoms with Crippen molar-refractivity contribution in [2.24, 2.45) is 0 Å². The van der Waals surface area contributed by atoms with Gasteiger partial charge >= 0.3 is 5.97 Å². The molecule has 0 saturated carbocycles. The summed E-state index contributed by atoms with van der Waals surface area (Å²) in [5.74, 6) is 0.823. The van der Waals surface area contributed by atoms with Crippen LogP contribution in [0.5, 0.6) is 0 Å². The molecule has 10 nitrogen and oxygen atoms in total. The number of piperazine rings is 1. The fraction of sp³-hybridized carbons (Fsp3) is 0.444. The molecule has 38 heavy (non-hydrogen) atoms. The lowest BCUT2D eigenvalue weighted by atomic mass is 9.92. The van der Waals surface area contributed by atoms with Gasteiger partial charge in [-0.2, -0.15) is 5.10 Å². The van der Waals surface area contributed by atoms with E-state index in [0.29, 0.717) is 36.3 Å². The molecule has 0 bridgehead atoms. The van der Waals surface area contributed by atoms with Crippen LogP contribution in [-0.4, -0.2) is 66.2 Å². The molecule has 0 spiro atoms. The molecule has 3 aromatic rings. The number of carbonyl (C=O) groups is 1.